The molecule has 0 bridgehead atoms. The molecule has 2 fully saturated rings. The molecule has 0 saturated carbocycles. The molecule has 2 rings (SSSR count). The van der Waals surface area contributed by atoms with E-state index >= 15 is 0 Å². The van der Waals surface area contributed by atoms with Gasteiger partial charge in [0.2, 0.25) is 0 Å². The summed E-state index contributed by atoms with van der Waals surface area (Å²) in [5.41, 5.74) is -2.81. The lowest BCUT2D eigenvalue weighted by atomic mass is 9.68. The average Bonchev–Trinajstić information content (AvgIpc) is 2.39. The first kappa shape index (κ1) is 16.5. The molecule has 6 heteroatoms. The van der Waals surface area contributed by atoms with Crippen LogP contribution in [0.5, 0.6) is 0 Å². The van der Waals surface area contributed by atoms with Gasteiger partial charge in [0.1, 0.15) is 0 Å². The fraction of sp³-hybridized carbons (Fsp3) is 0.933. The van der Waals surface area contributed by atoms with Crippen LogP contribution in [-0.2, 0) is 4.74 Å². The van der Waals surface area contributed by atoms with Gasteiger partial charge in [0.15, 0.2) is 11.3 Å². The highest BCUT2D eigenvalue weighted by Gasteiger charge is 2.66. The Morgan fingerprint density at radius 1 is 1.19 bits per heavy atom. The van der Waals surface area contributed by atoms with E-state index < -0.39 is 17.4 Å². The molecular weight excluding hydrogens is 272 g/mol. The maximum Gasteiger partial charge on any atom is 0.412 e. The van der Waals surface area contributed by atoms with Crippen molar-refractivity contribution in [3.05, 3.63) is 0 Å². The molecule has 1 atom stereocenters. The Labute approximate surface area is 126 Å². The Balaban J connectivity index is 2.36. The molecule has 2 heterocycles. The van der Waals surface area contributed by atoms with E-state index in [-0.39, 0.29) is 17.7 Å². The van der Waals surface area contributed by atoms with Gasteiger partial charge in [0.05, 0.1) is 0 Å². The predicted molar refractivity (Wildman–Crippen MR) is 78.8 cm³/mol. The SMILES string of the molecule is CC1(C)CC2(CC(C)(C)N1)OC(=O)N(CCCO)[C@@]2(C)O. The predicted octanol–water partition coefficient (Wildman–Crippen LogP) is 1.21. The zero-order chi connectivity index (χ0) is 16.1. The lowest BCUT2D eigenvalue weighted by Gasteiger charge is -2.54. The van der Waals surface area contributed by atoms with E-state index in [1.54, 1.807) is 6.92 Å². The number of aliphatic hydroxyl groups excluding tert-OH is 1. The molecular formula is C15H28N2O4. The lowest BCUT2D eigenvalue weighted by Crippen LogP contribution is -2.70. The van der Waals surface area contributed by atoms with Crippen molar-refractivity contribution in [1.82, 2.24) is 10.2 Å². The van der Waals surface area contributed by atoms with Crippen LogP contribution in [0.1, 0.15) is 53.9 Å². The van der Waals surface area contributed by atoms with Crippen LogP contribution in [0.2, 0.25) is 0 Å². The Morgan fingerprint density at radius 2 is 1.71 bits per heavy atom. The molecule has 2 saturated heterocycles. The van der Waals surface area contributed by atoms with Crippen LogP contribution in [-0.4, -0.2) is 56.8 Å². The molecule has 122 valence electrons. The molecule has 0 unspecified atom stereocenters. The minimum absolute atomic E-state index is 0.0224. The number of piperidine rings is 1. The van der Waals surface area contributed by atoms with Gasteiger partial charge in [-0.2, -0.15) is 0 Å². The summed E-state index contributed by atoms with van der Waals surface area (Å²) in [7, 11) is 0. The summed E-state index contributed by atoms with van der Waals surface area (Å²) in [6.45, 7) is 10.1. The van der Waals surface area contributed by atoms with Gasteiger partial charge in [-0.3, -0.25) is 4.90 Å². The number of nitrogens with one attached hydrogen (secondary N) is 1. The van der Waals surface area contributed by atoms with Gasteiger partial charge >= 0.3 is 6.09 Å². The molecule has 3 N–H and O–H groups in total. The Kier molecular flexibility index (Phi) is 3.80. The van der Waals surface area contributed by atoms with Crippen molar-refractivity contribution < 1.29 is 19.7 Å². The Morgan fingerprint density at radius 3 is 2.19 bits per heavy atom. The van der Waals surface area contributed by atoms with Crippen molar-refractivity contribution in [2.24, 2.45) is 0 Å². The van der Waals surface area contributed by atoms with Crippen LogP contribution in [0, 0.1) is 0 Å². The second-order valence-corrected chi connectivity index (χ2v) is 7.86. The first-order valence-corrected chi connectivity index (χ1v) is 7.58. The van der Waals surface area contributed by atoms with Crippen LogP contribution in [0.15, 0.2) is 0 Å². The summed E-state index contributed by atoms with van der Waals surface area (Å²) in [6.07, 6.45) is 1.00. The van der Waals surface area contributed by atoms with Crippen molar-refractivity contribution in [2.45, 2.75) is 76.3 Å². The number of amides is 1. The van der Waals surface area contributed by atoms with Gasteiger partial charge in [-0.05, 0) is 41.0 Å². The third-order valence-corrected chi connectivity index (χ3v) is 4.56. The quantitative estimate of drug-likeness (QED) is 0.730. The number of aliphatic hydroxyl groups is 2. The number of rotatable bonds is 3. The van der Waals surface area contributed by atoms with Gasteiger partial charge in [-0.1, -0.05) is 0 Å². The lowest BCUT2D eigenvalue weighted by molar-refractivity contribution is -0.180. The monoisotopic (exact) mass is 300 g/mol. The maximum atomic E-state index is 12.2. The first-order valence-electron chi connectivity index (χ1n) is 7.58. The average molecular weight is 300 g/mol. The molecule has 0 aliphatic carbocycles. The van der Waals surface area contributed by atoms with E-state index in [0.717, 1.165) is 0 Å². The largest absolute Gasteiger partial charge is 0.437 e. The van der Waals surface area contributed by atoms with Crippen LogP contribution in [0.4, 0.5) is 4.79 Å². The number of ether oxygens (including phenoxy) is 1. The standard InChI is InChI=1S/C15H28N2O4/c1-12(2)9-15(10-13(3,4)16-12)14(5,20)17(7-6-8-18)11(19)21-15/h16,18,20H,6-10H2,1-5H3/t14-/m0/s1. The molecule has 2 aliphatic rings. The summed E-state index contributed by atoms with van der Waals surface area (Å²) in [6, 6.07) is 0. The highest BCUT2D eigenvalue weighted by atomic mass is 16.6. The van der Waals surface area contributed by atoms with E-state index in [1.807, 2.05) is 0 Å². The Hall–Kier alpha value is -0.850. The molecule has 0 radical (unpaired) electrons. The van der Waals surface area contributed by atoms with Crippen molar-refractivity contribution in [3.63, 3.8) is 0 Å². The molecule has 0 aromatic rings. The van der Waals surface area contributed by atoms with Crippen LogP contribution in [0.3, 0.4) is 0 Å². The van der Waals surface area contributed by atoms with E-state index in [0.29, 0.717) is 25.8 Å². The summed E-state index contributed by atoms with van der Waals surface area (Å²) < 4.78 is 5.70. The number of carbonyl (C=O) groups excluding carboxylic acids is 1. The maximum absolute atomic E-state index is 12.2. The highest BCUT2D eigenvalue weighted by Crippen LogP contribution is 2.50. The number of hydrogen-bond donors (Lipinski definition) is 3. The summed E-state index contributed by atoms with van der Waals surface area (Å²) in [5, 5.41) is 23.6. The second kappa shape index (κ2) is 4.83. The van der Waals surface area contributed by atoms with Crippen LogP contribution < -0.4 is 5.32 Å². The van der Waals surface area contributed by atoms with Crippen LogP contribution >= 0.6 is 0 Å². The molecule has 6 nitrogen and oxygen atoms in total. The molecule has 2 aliphatic heterocycles. The molecule has 1 amide bonds. The Bertz CT molecular complexity index is 415. The van der Waals surface area contributed by atoms with Crippen molar-refractivity contribution in [2.75, 3.05) is 13.2 Å². The van der Waals surface area contributed by atoms with Crippen molar-refractivity contribution in [1.29, 1.82) is 0 Å². The smallest absolute Gasteiger partial charge is 0.412 e. The van der Waals surface area contributed by atoms with E-state index in [4.69, 9.17) is 9.84 Å². The molecule has 0 aromatic carbocycles. The fourth-order valence-electron chi connectivity index (χ4n) is 4.18. The number of hydrogen-bond acceptors (Lipinski definition) is 5. The normalized spacial score (nSPS) is 33.3. The van der Waals surface area contributed by atoms with Crippen LogP contribution in [0.25, 0.3) is 0 Å². The van der Waals surface area contributed by atoms with Gasteiger partial charge in [0.25, 0.3) is 0 Å². The van der Waals surface area contributed by atoms with Gasteiger partial charge in [-0.15, -0.1) is 0 Å². The minimum Gasteiger partial charge on any atom is -0.437 e. The summed E-state index contributed by atoms with van der Waals surface area (Å²) >= 11 is 0. The summed E-state index contributed by atoms with van der Waals surface area (Å²) in [5.74, 6) is 0. The van der Waals surface area contributed by atoms with Gasteiger partial charge < -0.3 is 20.3 Å². The summed E-state index contributed by atoms with van der Waals surface area (Å²) in [4.78, 5) is 13.6. The van der Waals surface area contributed by atoms with E-state index in [9.17, 15) is 9.90 Å². The zero-order valence-corrected chi connectivity index (χ0v) is 13.7. The molecule has 0 aromatic heterocycles. The highest BCUT2D eigenvalue weighted by molar-refractivity contribution is 5.72. The third-order valence-electron chi connectivity index (χ3n) is 4.56. The minimum atomic E-state index is -1.38. The zero-order valence-electron chi connectivity index (χ0n) is 13.7. The fourth-order valence-corrected chi connectivity index (χ4v) is 4.18. The van der Waals surface area contributed by atoms with Gasteiger partial charge in [0, 0.05) is 37.1 Å². The number of carbonyl (C=O) groups is 1. The van der Waals surface area contributed by atoms with E-state index in [2.05, 4.69) is 33.0 Å². The van der Waals surface area contributed by atoms with E-state index in [1.165, 1.54) is 4.90 Å². The van der Waals surface area contributed by atoms with Crippen molar-refractivity contribution in [3.8, 4) is 0 Å². The topological polar surface area (TPSA) is 82.0 Å². The molecule has 21 heavy (non-hydrogen) atoms. The number of nitrogens with zero attached hydrogens (tertiary/aromatic N) is 1. The second-order valence-electron chi connectivity index (χ2n) is 7.86. The third kappa shape index (κ3) is 2.76. The van der Waals surface area contributed by atoms with Gasteiger partial charge in [-0.25, -0.2) is 4.79 Å². The first-order chi connectivity index (χ1) is 9.45. The molecule has 1 spiro atoms. The van der Waals surface area contributed by atoms with Crippen molar-refractivity contribution >= 4 is 6.09 Å².